The standard InChI is InChI=1S/C31H30N6O4S/c1-35(2)17-6-9-25(38)36-18-15-20(19-36)33-29(39)28-27-26-24(14-16-32-30(26)42-28)37(31(40)34-27)21-10-12-23(13-11-21)41-22-7-4-3-5-8-22/h3-14,16,20H,15,17-19H2,1-2H3,(H,33,39)(H,34,40). The highest BCUT2D eigenvalue weighted by Gasteiger charge is 2.34. The van der Waals surface area contributed by atoms with E-state index in [4.69, 9.17) is 4.74 Å². The summed E-state index contributed by atoms with van der Waals surface area (Å²) < 4.78 is 5.89. The van der Waals surface area contributed by atoms with E-state index < -0.39 is 0 Å². The summed E-state index contributed by atoms with van der Waals surface area (Å²) in [7, 11) is 3.88. The van der Waals surface area contributed by atoms with Crippen LogP contribution in [0.5, 0.6) is 11.5 Å². The summed E-state index contributed by atoms with van der Waals surface area (Å²) in [6, 6.07) is 17.9. The molecule has 2 aromatic carbocycles. The van der Waals surface area contributed by atoms with E-state index in [9.17, 15) is 14.4 Å². The van der Waals surface area contributed by atoms with Gasteiger partial charge in [-0.1, -0.05) is 24.3 Å². The number of pyridine rings is 1. The second kappa shape index (κ2) is 11.6. The van der Waals surface area contributed by atoms with Crippen LogP contribution < -0.4 is 20.3 Å². The number of benzene rings is 2. The first kappa shape index (κ1) is 27.4. The van der Waals surface area contributed by atoms with E-state index >= 15 is 0 Å². The van der Waals surface area contributed by atoms with Gasteiger partial charge in [-0.25, -0.2) is 9.78 Å². The topological polar surface area (TPSA) is 107 Å². The normalized spacial score (nSPS) is 16.4. The minimum absolute atomic E-state index is 0.0635. The number of hydrogen-bond acceptors (Lipinski definition) is 7. The van der Waals surface area contributed by atoms with E-state index in [1.54, 1.807) is 28.1 Å². The monoisotopic (exact) mass is 582 g/mol. The number of amides is 4. The maximum absolute atomic E-state index is 13.4. The van der Waals surface area contributed by atoms with Crippen LogP contribution in [0.2, 0.25) is 0 Å². The summed E-state index contributed by atoms with van der Waals surface area (Å²) >= 11 is 1.24. The van der Waals surface area contributed by atoms with Crippen LogP contribution in [0.3, 0.4) is 0 Å². The average molecular weight is 583 g/mol. The number of anilines is 3. The lowest BCUT2D eigenvalue weighted by Crippen LogP contribution is -2.39. The summed E-state index contributed by atoms with van der Waals surface area (Å²) in [6.07, 6.45) is 5.72. The summed E-state index contributed by atoms with van der Waals surface area (Å²) in [4.78, 5) is 50.2. The summed E-state index contributed by atoms with van der Waals surface area (Å²) in [6.45, 7) is 1.69. The number of hydrogen-bond donors (Lipinski definition) is 2. The minimum atomic E-state index is -0.374. The Labute approximate surface area is 247 Å². The van der Waals surface area contributed by atoms with Crippen molar-refractivity contribution in [2.24, 2.45) is 0 Å². The number of nitrogens with zero attached hydrogens (tertiary/aromatic N) is 4. The number of likely N-dealkylation sites (N-methyl/N-ethyl adjacent to an activating group) is 1. The highest BCUT2D eigenvalue weighted by Crippen LogP contribution is 2.45. The number of urea groups is 1. The van der Waals surface area contributed by atoms with Crippen molar-refractivity contribution in [3.8, 4) is 11.5 Å². The van der Waals surface area contributed by atoms with Crippen LogP contribution in [0, 0.1) is 0 Å². The molecule has 1 saturated heterocycles. The van der Waals surface area contributed by atoms with Crippen LogP contribution in [0.25, 0.3) is 10.2 Å². The molecule has 0 saturated carbocycles. The molecule has 0 radical (unpaired) electrons. The van der Waals surface area contributed by atoms with Crippen LogP contribution in [0.4, 0.5) is 21.9 Å². The van der Waals surface area contributed by atoms with Crippen LogP contribution in [0.15, 0.2) is 79.0 Å². The molecule has 6 rings (SSSR count). The van der Waals surface area contributed by atoms with Gasteiger partial charge in [0.05, 0.1) is 22.4 Å². The lowest BCUT2D eigenvalue weighted by Gasteiger charge is -2.28. The smallest absolute Gasteiger partial charge is 0.331 e. The van der Waals surface area contributed by atoms with E-state index in [1.165, 1.54) is 11.3 Å². The van der Waals surface area contributed by atoms with Crippen LogP contribution in [-0.4, -0.2) is 72.4 Å². The van der Waals surface area contributed by atoms with Crippen molar-refractivity contribution in [3.05, 3.63) is 83.9 Å². The second-order valence-corrected chi connectivity index (χ2v) is 11.4. The van der Waals surface area contributed by atoms with Crippen molar-refractivity contribution in [2.75, 3.05) is 43.9 Å². The molecular weight excluding hydrogens is 552 g/mol. The SMILES string of the molecule is CN(C)CC=CC(=O)N1CCC(NC(=O)c2sc3nccc4c3c2NC(=O)N4c2ccc(Oc3ccccc3)cc2)C1. The quantitative estimate of drug-likeness (QED) is 0.276. The second-order valence-electron chi connectivity index (χ2n) is 10.4. The van der Waals surface area contributed by atoms with Crippen molar-refractivity contribution in [2.45, 2.75) is 12.5 Å². The summed E-state index contributed by atoms with van der Waals surface area (Å²) in [5.41, 5.74) is 1.75. The van der Waals surface area contributed by atoms with E-state index in [0.717, 1.165) is 5.75 Å². The molecule has 0 spiro atoms. The Kier molecular flexibility index (Phi) is 7.60. The molecule has 1 unspecified atom stereocenters. The molecule has 0 bridgehead atoms. The number of likely N-dealkylation sites (tertiary alicyclic amines) is 1. The molecule has 1 fully saturated rings. The first-order chi connectivity index (χ1) is 20.4. The Bertz CT molecular complexity index is 1670. The number of para-hydroxylation sites is 1. The fraction of sp³-hybridized carbons (Fsp3) is 0.226. The van der Waals surface area contributed by atoms with Crippen molar-refractivity contribution < 1.29 is 19.1 Å². The van der Waals surface area contributed by atoms with Crippen molar-refractivity contribution >= 4 is 56.5 Å². The molecule has 2 N–H and O–H groups in total. The maximum atomic E-state index is 13.4. The third-order valence-corrected chi connectivity index (χ3v) is 8.19. The molecule has 2 aliphatic rings. The Hall–Kier alpha value is -4.74. The molecule has 2 aliphatic heterocycles. The minimum Gasteiger partial charge on any atom is -0.457 e. The predicted molar refractivity (Wildman–Crippen MR) is 164 cm³/mol. The molecule has 4 heterocycles. The Morgan fingerprint density at radius 1 is 1.12 bits per heavy atom. The van der Waals surface area contributed by atoms with Gasteiger partial charge in [-0.05, 0) is 63.0 Å². The van der Waals surface area contributed by atoms with Crippen molar-refractivity contribution in [1.29, 1.82) is 0 Å². The van der Waals surface area contributed by atoms with Crippen molar-refractivity contribution in [3.63, 3.8) is 0 Å². The molecule has 10 nitrogen and oxygen atoms in total. The van der Waals surface area contributed by atoms with Gasteiger partial charge in [0.15, 0.2) is 0 Å². The van der Waals surface area contributed by atoms with Gasteiger partial charge in [0, 0.05) is 37.9 Å². The number of carbonyl (C=O) groups is 3. The zero-order valence-corrected chi connectivity index (χ0v) is 24.1. The third-order valence-electron chi connectivity index (χ3n) is 7.09. The highest BCUT2D eigenvalue weighted by molar-refractivity contribution is 7.21. The molecule has 4 aromatic rings. The van der Waals surface area contributed by atoms with Gasteiger partial charge >= 0.3 is 6.03 Å². The first-order valence-electron chi connectivity index (χ1n) is 13.6. The van der Waals surface area contributed by atoms with Gasteiger partial charge in [0.2, 0.25) is 5.91 Å². The average Bonchev–Trinajstić information content (AvgIpc) is 3.60. The van der Waals surface area contributed by atoms with Gasteiger partial charge in [-0.3, -0.25) is 14.5 Å². The van der Waals surface area contributed by atoms with Crippen LogP contribution in [0.1, 0.15) is 16.1 Å². The zero-order chi connectivity index (χ0) is 29.2. The lowest BCUT2D eigenvalue weighted by atomic mass is 10.1. The molecular formula is C31H30N6O4S. The highest BCUT2D eigenvalue weighted by atomic mass is 32.1. The van der Waals surface area contributed by atoms with E-state index in [0.29, 0.717) is 64.0 Å². The number of nitrogens with one attached hydrogen (secondary N) is 2. The molecule has 42 heavy (non-hydrogen) atoms. The van der Waals surface area contributed by atoms with Gasteiger partial charge in [-0.2, -0.15) is 0 Å². The first-order valence-corrected chi connectivity index (χ1v) is 14.5. The lowest BCUT2D eigenvalue weighted by molar-refractivity contribution is -0.125. The fourth-order valence-electron chi connectivity index (χ4n) is 5.09. The van der Waals surface area contributed by atoms with E-state index in [2.05, 4.69) is 15.6 Å². The fourth-order valence-corrected chi connectivity index (χ4v) is 6.11. The van der Waals surface area contributed by atoms with Crippen LogP contribution >= 0.6 is 11.3 Å². The maximum Gasteiger partial charge on any atom is 0.331 e. The van der Waals surface area contributed by atoms with Gasteiger partial charge in [0.25, 0.3) is 5.91 Å². The van der Waals surface area contributed by atoms with E-state index in [1.807, 2.05) is 79.7 Å². The number of ether oxygens (including phenoxy) is 1. The molecule has 0 aliphatic carbocycles. The van der Waals surface area contributed by atoms with Crippen LogP contribution in [-0.2, 0) is 4.79 Å². The summed E-state index contributed by atoms with van der Waals surface area (Å²) in [5, 5.41) is 6.70. The van der Waals surface area contributed by atoms with Gasteiger partial charge in [0.1, 0.15) is 21.2 Å². The predicted octanol–water partition coefficient (Wildman–Crippen LogP) is 5.22. The summed E-state index contributed by atoms with van der Waals surface area (Å²) in [5.74, 6) is 1.01. The Balaban J connectivity index is 1.19. The number of thiophene rings is 1. The number of rotatable bonds is 8. The molecule has 1 atom stereocenters. The van der Waals surface area contributed by atoms with Gasteiger partial charge < -0.3 is 25.2 Å². The number of carbonyl (C=O) groups excluding carboxylic acids is 3. The number of aromatic nitrogens is 1. The van der Waals surface area contributed by atoms with E-state index in [-0.39, 0.29) is 23.9 Å². The van der Waals surface area contributed by atoms with Crippen molar-refractivity contribution in [1.82, 2.24) is 20.1 Å². The van der Waals surface area contributed by atoms with Gasteiger partial charge in [-0.15, -0.1) is 11.3 Å². The molecule has 11 heteroatoms. The molecule has 4 amide bonds. The Morgan fingerprint density at radius 3 is 2.64 bits per heavy atom. The molecule has 2 aromatic heterocycles. The Morgan fingerprint density at radius 2 is 1.88 bits per heavy atom. The zero-order valence-electron chi connectivity index (χ0n) is 23.2. The third kappa shape index (κ3) is 5.56. The largest absolute Gasteiger partial charge is 0.457 e. The molecule has 214 valence electrons.